The first-order valence-electron chi connectivity index (χ1n) is 4.32. The third-order valence-electron chi connectivity index (χ3n) is 2.17. The van der Waals surface area contributed by atoms with Crippen LogP contribution in [0.25, 0.3) is 10.9 Å². The Labute approximate surface area is 89.6 Å². The standard InChI is InChI=1S/C10H10BrFN2/c1-13-5-8-7-3-2-6(12)4-9(7)14-10(8)11/h2-4,13-14H,5H2,1H3. The number of halogens is 2. The van der Waals surface area contributed by atoms with Gasteiger partial charge in [-0.3, -0.25) is 0 Å². The fraction of sp³-hybridized carbons (Fsp3) is 0.200. The van der Waals surface area contributed by atoms with Crippen LogP contribution >= 0.6 is 15.9 Å². The molecule has 0 aliphatic heterocycles. The minimum atomic E-state index is -0.220. The van der Waals surface area contributed by atoms with Gasteiger partial charge in [0.25, 0.3) is 0 Å². The SMILES string of the molecule is CNCc1c(Br)[nH]c2cc(F)ccc12. The van der Waals surface area contributed by atoms with E-state index in [2.05, 4.69) is 26.2 Å². The highest BCUT2D eigenvalue weighted by atomic mass is 79.9. The molecule has 1 aromatic carbocycles. The average molecular weight is 257 g/mol. The molecule has 74 valence electrons. The van der Waals surface area contributed by atoms with Crippen molar-refractivity contribution < 1.29 is 4.39 Å². The largest absolute Gasteiger partial charge is 0.349 e. The van der Waals surface area contributed by atoms with E-state index < -0.39 is 0 Å². The Bertz CT molecular complexity index is 464. The van der Waals surface area contributed by atoms with Gasteiger partial charge in [-0.1, -0.05) is 0 Å². The number of H-pyrrole nitrogens is 1. The highest BCUT2D eigenvalue weighted by Gasteiger charge is 2.08. The van der Waals surface area contributed by atoms with Crippen LogP contribution in [0.1, 0.15) is 5.56 Å². The molecule has 0 unspecified atom stereocenters. The lowest BCUT2D eigenvalue weighted by molar-refractivity contribution is 0.629. The maximum Gasteiger partial charge on any atom is 0.125 e. The molecule has 0 aliphatic rings. The monoisotopic (exact) mass is 256 g/mol. The van der Waals surface area contributed by atoms with Gasteiger partial charge in [0, 0.05) is 23.0 Å². The molecule has 2 N–H and O–H groups in total. The van der Waals surface area contributed by atoms with E-state index in [0.717, 1.165) is 27.6 Å². The summed E-state index contributed by atoms with van der Waals surface area (Å²) in [5, 5.41) is 4.12. The summed E-state index contributed by atoms with van der Waals surface area (Å²) < 4.78 is 13.8. The lowest BCUT2D eigenvalue weighted by atomic mass is 10.2. The number of benzene rings is 1. The Kier molecular flexibility index (Phi) is 2.56. The predicted octanol–water partition coefficient (Wildman–Crippen LogP) is 2.79. The van der Waals surface area contributed by atoms with E-state index in [9.17, 15) is 4.39 Å². The van der Waals surface area contributed by atoms with Gasteiger partial charge < -0.3 is 10.3 Å². The Morgan fingerprint density at radius 2 is 2.29 bits per heavy atom. The number of rotatable bonds is 2. The average Bonchev–Trinajstić information content (AvgIpc) is 2.43. The maximum atomic E-state index is 12.9. The van der Waals surface area contributed by atoms with Crippen molar-refractivity contribution in [2.45, 2.75) is 6.54 Å². The van der Waals surface area contributed by atoms with Crippen LogP contribution in [-0.2, 0) is 6.54 Å². The number of aromatic nitrogens is 1. The van der Waals surface area contributed by atoms with Crippen molar-refractivity contribution in [3.8, 4) is 0 Å². The van der Waals surface area contributed by atoms with Gasteiger partial charge in [0.2, 0.25) is 0 Å². The van der Waals surface area contributed by atoms with Crippen molar-refractivity contribution in [3.05, 3.63) is 34.2 Å². The fourth-order valence-electron chi connectivity index (χ4n) is 1.54. The summed E-state index contributed by atoms with van der Waals surface area (Å²) in [6, 6.07) is 4.76. The summed E-state index contributed by atoms with van der Waals surface area (Å²) in [7, 11) is 1.88. The molecule has 0 radical (unpaired) electrons. The van der Waals surface area contributed by atoms with Crippen molar-refractivity contribution in [1.29, 1.82) is 0 Å². The molecule has 14 heavy (non-hydrogen) atoms. The Hall–Kier alpha value is -0.870. The molecule has 0 atom stereocenters. The van der Waals surface area contributed by atoms with Gasteiger partial charge in [0.15, 0.2) is 0 Å². The molecule has 0 amide bonds. The zero-order chi connectivity index (χ0) is 10.1. The Morgan fingerprint density at radius 1 is 1.50 bits per heavy atom. The van der Waals surface area contributed by atoms with Gasteiger partial charge in [-0.15, -0.1) is 0 Å². The van der Waals surface area contributed by atoms with E-state index in [4.69, 9.17) is 0 Å². The molecule has 2 nitrogen and oxygen atoms in total. The molecule has 2 rings (SSSR count). The molecule has 0 saturated carbocycles. The normalized spacial score (nSPS) is 11.1. The van der Waals surface area contributed by atoms with Crippen molar-refractivity contribution in [2.75, 3.05) is 7.05 Å². The summed E-state index contributed by atoms with van der Waals surface area (Å²) in [5.74, 6) is -0.220. The second kappa shape index (κ2) is 3.71. The van der Waals surface area contributed by atoms with E-state index >= 15 is 0 Å². The zero-order valence-corrected chi connectivity index (χ0v) is 9.28. The number of nitrogens with one attached hydrogen (secondary N) is 2. The van der Waals surface area contributed by atoms with E-state index in [-0.39, 0.29) is 5.82 Å². The summed E-state index contributed by atoms with van der Waals surface area (Å²) in [6.45, 7) is 0.756. The smallest absolute Gasteiger partial charge is 0.125 e. The topological polar surface area (TPSA) is 27.8 Å². The van der Waals surface area contributed by atoms with Crippen LogP contribution in [0.2, 0.25) is 0 Å². The van der Waals surface area contributed by atoms with Gasteiger partial charge >= 0.3 is 0 Å². The molecule has 0 spiro atoms. The molecule has 0 fully saturated rings. The number of aromatic amines is 1. The van der Waals surface area contributed by atoms with Crippen molar-refractivity contribution >= 4 is 26.8 Å². The van der Waals surface area contributed by atoms with E-state index in [1.165, 1.54) is 12.1 Å². The summed E-state index contributed by atoms with van der Waals surface area (Å²) in [4.78, 5) is 3.09. The second-order valence-corrected chi connectivity index (χ2v) is 3.93. The van der Waals surface area contributed by atoms with Gasteiger partial charge in [-0.05, 0) is 41.2 Å². The van der Waals surface area contributed by atoms with Crippen LogP contribution in [0.15, 0.2) is 22.8 Å². The number of hydrogen-bond donors (Lipinski definition) is 2. The molecule has 0 saturated heterocycles. The van der Waals surface area contributed by atoms with Crippen molar-refractivity contribution in [1.82, 2.24) is 10.3 Å². The first kappa shape index (κ1) is 9.68. The van der Waals surface area contributed by atoms with E-state index in [1.54, 1.807) is 6.07 Å². The third-order valence-corrected chi connectivity index (χ3v) is 2.85. The summed E-state index contributed by atoms with van der Waals surface area (Å²) in [6.07, 6.45) is 0. The van der Waals surface area contributed by atoms with Crippen LogP contribution < -0.4 is 5.32 Å². The van der Waals surface area contributed by atoms with Crippen LogP contribution in [0.3, 0.4) is 0 Å². The molecular weight excluding hydrogens is 247 g/mol. The van der Waals surface area contributed by atoms with Crippen molar-refractivity contribution in [2.24, 2.45) is 0 Å². The van der Waals surface area contributed by atoms with Gasteiger partial charge in [-0.25, -0.2) is 4.39 Å². The Morgan fingerprint density at radius 3 is 3.00 bits per heavy atom. The summed E-state index contributed by atoms with van der Waals surface area (Å²) >= 11 is 3.42. The van der Waals surface area contributed by atoms with E-state index in [0.29, 0.717) is 0 Å². The molecule has 0 aliphatic carbocycles. The van der Waals surface area contributed by atoms with Crippen LogP contribution in [-0.4, -0.2) is 12.0 Å². The van der Waals surface area contributed by atoms with Crippen molar-refractivity contribution in [3.63, 3.8) is 0 Å². The van der Waals surface area contributed by atoms with Gasteiger partial charge in [0.05, 0.1) is 4.60 Å². The second-order valence-electron chi connectivity index (χ2n) is 3.14. The van der Waals surface area contributed by atoms with Crippen LogP contribution in [0.5, 0.6) is 0 Å². The highest BCUT2D eigenvalue weighted by molar-refractivity contribution is 9.10. The molecule has 2 aromatic rings. The third kappa shape index (κ3) is 1.55. The molecule has 1 heterocycles. The van der Waals surface area contributed by atoms with E-state index in [1.807, 2.05) is 7.05 Å². The maximum absolute atomic E-state index is 12.9. The first-order valence-corrected chi connectivity index (χ1v) is 5.12. The predicted molar refractivity (Wildman–Crippen MR) is 58.7 cm³/mol. The quantitative estimate of drug-likeness (QED) is 0.850. The zero-order valence-electron chi connectivity index (χ0n) is 7.70. The molecule has 0 bridgehead atoms. The van der Waals surface area contributed by atoms with Gasteiger partial charge in [0.1, 0.15) is 5.82 Å². The first-order chi connectivity index (χ1) is 6.72. The number of fused-ring (bicyclic) bond motifs is 1. The molecule has 1 aromatic heterocycles. The minimum Gasteiger partial charge on any atom is -0.349 e. The summed E-state index contributed by atoms with van der Waals surface area (Å²) in [5.41, 5.74) is 1.95. The lowest BCUT2D eigenvalue weighted by Gasteiger charge is -1.98. The molecule has 4 heteroatoms. The number of hydrogen-bond acceptors (Lipinski definition) is 1. The van der Waals surface area contributed by atoms with Crippen LogP contribution in [0, 0.1) is 5.82 Å². The Balaban J connectivity index is 2.64. The molecular formula is C10H10BrFN2. The highest BCUT2D eigenvalue weighted by Crippen LogP contribution is 2.26. The minimum absolute atomic E-state index is 0.220. The lowest BCUT2D eigenvalue weighted by Crippen LogP contribution is -2.04. The fourth-order valence-corrected chi connectivity index (χ4v) is 2.11. The van der Waals surface area contributed by atoms with Crippen LogP contribution in [0.4, 0.5) is 4.39 Å². The van der Waals surface area contributed by atoms with Gasteiger partial charge in [-0.2, -0.15) is 0 Å².